The Labute approximate surface area is 192 Å². The van der Waals surface area contributed by atoms with Crippen LogP contribution in [0, 0.1) is 0 Å². The summed E-state index contributed by atoms with van der Waals surface area (Å²) in [6.45, 7) is 3.46. The highest BCUT2D eigenvalue weighted by atomic mass is 35.5. The Hall–Kier alpha value is -2.20. The van der Waals surface area contributed by atoms with Crippen molar-refractivity contribution in [3.63, 3.8) is 0 Å². The first-order chi connectivity index (χ1) is 15.5. The van der Waals surface area contributed by atoms with E-state index in [1.54, 1.807) is 11.0 Å². The Morgan fingerprint density at radius 2 is 2.12 bits per heavy atom. The second kappa shape index (κ2) is 12.2. The lowest BCUT2D eigenvalue weighted by Crippen LogP contribution is -2.52. The smallest absolute Gasteiger partial charge is 0.310 e. The molecular formula is C22H30ClN3O6. The minimum absolute atomic E-state index is 0.0551. The molecular weight excluding hydrogens is 438 g/mol. The zero-order chi connectivity index (χ0) is 22.9. The van der Waals surface area contributed by atoms with E-state index in [2.05, 4.69) is 10.6 Å². The Morgan fingerprint density at radius 3 is 2.91 bits per heavy atom. The Kier molecular flexibility index (Phi) is 9.28. The number of esters is 1. The molecule has 0 aliphatic carbocycles. The van der Waals surface area contributed by atoms with Gasteiger partial charge in [-0.2, -0.15) is 0 Å². The third-order valence-electron chi connectivity index (χ3n) is 5.35. The van der Waals surface area contributed by atoms with Crippen molar-refractivity contribution in [2.75, 3.05) is 26.4 Å². The predicted molar refractivity (Wildman–Crippen MR) is 117 cm³/mol. The van der Waals surface area contributed by atoms with Crippen LogP contribution in [-0.2, 0) is 35.2 Å². The van der Waals surface area contributed by atoms with Crippen molar-refractivity contribution in [2.45, 2.75) is 57.6 Å². The largest absolute Gasteiger partial charge is 0.433 e. The van der Waals surface area contributed by atoms with Crippen molar-refractivity contribution >= 4 is 29.4 Å². The number of hydrogen-bond donors (Lipinski definition) is 2. The molecule has 3 atom stereocenters. The fourth-order valence-electron chi connectivity index (χ4n) is 3.76. The average molecular weight is 468 g/mol. The topological polar surface area (TPSA) is 106 Å². The van der Waals surface area contributed by atoms with E-state index in [0.29, 0.717) is 31.2 Å². The van der Waals surface area contributed by atoms with Crippen LogP contribution in [0.2, 0.25) is 5.02 Å². The summed E-state index contributed by atoms with van der Waals surface area (Å²) in [6, 6.07) is 6.28. The summed E-state index contributed by atoms with van der Waals surface area (Å²) < 4.78 is 16.2. The van der Waals surface area contributed by atoms with Gasteiger partial charge < -0.3 is 24.4 Å². The number of hydrogen-bond acceptors (Lipinski definition) is 7. The molecule has 2 heterocycles. The van der Waals surface area contributed by atoms with E-state index in [-0.39, 0.29) is 31.5 Å². The van der Waals surface area contributed by atoms with Gasteiger partial charge in [-0.1, -0.05) is 36.7 Å². The van der Waals surface area contributed by atoms with E-state index in [0.717, 1.165) is 18.4 Å². The Morgan fingerprint density at radius 1 is 1.31 bits per heavy atom. The molecule has 0 radical (unpaired) electrons. The number of nitrogens with one attached hydrogen (secondary N) is 2. The molecule has 0 aromatic heterocycles. The van der Waals surface area contributed by atoms with Gasteiger partial charge in [-0.15, -0.1) is 0 Å². The van der Waals surface area contributed by atoms with Gasteiger partial charge >= 0.3 is 5.97 Å². The zero-order valence-electron chi connectivity index (χ0n) is 18.2. The quantitative estimate of drug-likeness (QED) is 0.289. The fraction of sp³-hybridized carbons (Fsp3) is 0.591. The number of ether oxygens (including phenoxy) is 3. The van der Waals surface area contributed by atoms with E-state index in [4.69, 9.17) is 25.8 Å². The lowest BCUT2D eigenvalue weighted by molar-refractivity contribution is -0.165. The Balaban J connectivity index is 1.42. The molecule has 176 valence electrons. The van der Waals surface area contributed by atoms with Gasteiger partial charge in [0.25, 0.3) is 0 Å². The maximum Gasteiger partial charge on any atom is 0.310 e. The van der Waals surface area contributed by atoms with Crippen molar-refractivity contribution in [3.05, 3.63) is 34.9 Å². The molecule has 0 spiro atoms. The van der Waals surface area contributed by atoms with E-state index in [9.17, 15) is 14.4 Å². The number of nitrogens with zero attached hydrogens (tertiary/aromatic N) is 1. The molecule has 2 aliphatic rings. The van der Waals surface area contributed by atoms with E-state index in [1.165, 1.54) is 0 Å². The van der Waals surface area contributed by atoms with Gasteiger partial charge in [-0.05, 0) is 30.9 Å². The normalized spacial score (nSPS) is 22.8. The summed E-state index contributed by atoms with van der Waals surface area (Å²) >= 11 is 6.09. The summed E-state index contributed by atoms with van der Waals surface area (Å²) in [5, 5.41) is 6.41. The van der Waals surface area contributed by atoms with E-state index >= 15 is 0 Å². The van der Waals surface area contributed by atoms with Crippen LogP contribution in [0.3, 0.4) is 0 Å². The average Bonchev–Trinajstić information content (AvgIpc) is 3.40. The molecule has 2 aliphatic heterocycles. The van der Waals surface area contributed by atoms with Crippen molar-refractivity contribution in [3.8, 4) is 0 Å². The molecule has 2 N–H and O–H groups in total. The maximum atomic E-state index is 12.8. The van der Waals surface area contributed by atoms with E-state index in [1.807, 2.05) is 25.1 Å². The third kappa shape index (κ3) is 6.65. The van der Waals surface area contributed by atoms with E-state index < -0.39 is 24.3 Å². The molecule has 2 fully saturated rings. The number of carbonyl (C=O) groups excluding carboxylic acids is 3. The molecule has 10 heteroatoms. The van der Waals surface area contributed by atoms with Crippen LogP contribution in [0.25, 0.3) is 0 Å². The molecule has 0 saturated carbocycles. The van der Waals surface area contributed by atoms with Gasteiger partial charge in [-0.25, -0.2) is 0 Å². The standard InChI is InChI=1S/C22H30ClN3O6/c1-2-10-31-22-17(11-20(28)32-22)25-21(29)18-8-5-9-26(18)19(27)12-24-14-30-13-15-6-3-4-7-16(15)23/h3-4,6-7,17-18,22,24H,2,5,8-14H2,1H3,(H,25,29)/t17-,18-,22-/m0/s1. The SMILES string of the molecule is CCCO[C@H]1OC(=O)C[C@@H]1NC(=O)[C@@H]1CCCN1C(=O)CNCOCc1ccccc1Cl. The predicted octanol–water partition coefficient (Wildman–Crippen LogP) is 1.58. The highest BCUT2D eigenvalue weighted by Crippen LogP contribution is 2.21. The molecule has 1 aromatic rings. The molecule has 1 aromatic carbocycles. The van der Waals surface area contributed by atoms with Crippen LogP contribution in [0.5, 0.6) is 0 Å². The van der Waals surface area contributed by atoms with Crippen LogP contribution in [0.1, 0.15) is 38.2 Å². The fourth-order valence-corrected chi connectivity index (χ4v) is 3.95. The van der Waals surface area contributed by atoms with Gasteiger partial charge in [0.1, 0.15) is 12.1 Å². The molecule has 0 unspecified atom stereocenters. The third-order valence-corrected chi connectivity index (χ3v) is 5.72. The molecule has 9 nitrogen and oxygen atoms in total. The number of amides is 2. The summed E-state index contributed by atoms with van der Waals surface area (Å²) in [6.07, 6.45) is 1.36. The number of cyclic esters (lactones) is 1. The molecule has 32 heavy (non-hydrogen) atoms. The number of benzene rings is 1. The maximum absolute atomic E-state index is 12.8. The molecule has 0 bridgehead atoms. The first kappa shape index (κ1) is 24.4. The van der Waals surface area contributed by atoms with Crippen molar-refractivity contribution in [1.29, 1.82) is 0 Å². The van der Waals surface area contributed by atoms with Crippen LogP contribution in [0.15, 0.2) is 24.3 Å². The Bertz CT molecular complexity index is 808. The lowest BCUT2D eigenvalue weighted by atomic mass is 10.1. The lowest BCUT2D eigenvalue weighted by Gasteiger charge is -2.26. The molecule has 2 saturated heterocycles. The summed E-state index contributed by atoms with van der Waals surface area (Å²) in [4.78, 5) is 38.7. The summed E-state index contributed by atoms with van der Waals surface area (Å²) in [5.41, 5.74) is 0.870. The van der Waals surface area contributed by atoms with Crippen molar-refractivity contribution in [1.82, 2.24) is 15.5 Å². The monoisotopic (exact) mass is 467 g/mol. The second-order valence-corrected chi connectivity index (χ2v) is 8.21. The minimum atomic E-state index is -0.783. The number of carbonyl (C=O) groups is 3. The molecule has 3 rings (SSSR count). The van der Waals surface area contributed by atoms with Crippen molar-refractivity contribution < 1.29 is 28.6 Å². The first-order valence-corrected chi connectivity index (χ1v) is 11.3. The minimum Gasteiger partial charge on any atom is -0.433 e. The van der Waals surface area contributed by atoms with Crippen LogP contribution < -0.4 is 10.6 Å². The second-order valence-electron chi connectivity index (χ2n) is 7.80. The highest BCUT2D eigenvalue weighted by molar-refractivity contribution is 6.31. The summed E-state index contributed by atoms with van der Waals surface area (Å²) in [7, 11) is 0. The number of halogens is 1. The highest BCUT2D eigenvalue weighted by Gasteiger charge is 2.40. The van der Waals surface area contributed by atoms with Crippen LogP contribution in [0.4, 0.5) is 0 Å². The van der Waals surface area contributed by atoms with Crippen LogP contribution in [-0.4, -0.2) is 67.5 Å². The number of rotatable bonds is 11. The van der Waals surface area contributed by atoms with Crippen LogP contribution >= 0.6 is 11.6 Å². The van der Waals surface area contributed by atoms with Gasteiger partial charge in [0, 0.05) is 11.6 Å². The molecule has 2 amide bonds. The van der Waals surface area contributed by atoms with Gasteiger partial charge in [0.2, 0.25) is 18.1 Å². The first-order valence-electron chi connectivity index (χ1n) is 10.9. The van der Waals surface area contributed by atoms with Gasteiger partial charge in [-0.3, -0.25) is 19.7 Å². The number of likely N-dealkylation sites (tertiary alicyclic amines) is 1. The summed E-state index contributed by atoms with van der Waals surface area (Å²) in [5.74, 6) is -0.877. The zero-order valence-corrected chi connectivity index (χ0v) is 18.9. The van der Waals surface area contributed by atoms with Crippen molar-refractivity contribution in [2.24, 2.45) is 0 Å². The van der Waals surface area contributed by atoms with Gasteiger partial charge in [0.05, 0.1) is 32.9 Å². The van der Waals surface area contributed by atoms with Gasteiger partial charge in [0.15, 0.2) is 0 Å².